The SMILES string of the molecule is CC(C)C(C)(CC(=O)N1CC(O)(C2CC2)C1)C(=O)O. The van der Waals surface area contributed by atoms with E-state index in [1.807, 2.05) is 13.8 Å². The van der Waals surface area contributed by atoms with Crippen molar-refractivity contribution in [3.63, 3.8) is 0 Å². The van der Waals surface area contributed by atoms with Crippen molar-refractivity contribution in [2.24, 2.45) is 17.3 Å². The number of nitrogens with zero attached hydrogens (tertiary/aromatic N) is 1. The van der Waals surface area contributed by atoms with Crippen molar-refractivity contribution in [3.8, 4) is 0 Å². The Morgan fingerprint density at radius 2 is 1.89 bits per heavy atom. The first-order valence-corrected chi connectivity index (χ1v) is 6.92. The van der Waals surface area contributed by atoms with Crippen LogP contribution in [0.4, 0.5) is 0 Å². The minimum absolute atomic E-state index is 0.000741. The zero-order valence-corrected chi connectivity index (χ0v) is 11.8. The minimum atomic E-state index is -1.04. The van der Waals surface area contributed by atoms with Crippen LogP contribution in [0.3, 0.4) is 0 Å². The van der Waals surface area contributed by atoms with Crippen LogP contribution in [-0.2, 0) is 9.59 Å². The van der Waals surface area contributed by atoms with E-state index in [1.165, 1.54) is 0 Å². The van der Waals surface area contributed by atoms with E-state index >= 15 is 0 Å². The zero-order chi connectivity index (χ0) is 14.4. The molecule has 1 heterocycles. The molecule has 5 nitrogen and oxygen atoms in total. The second-order valence-electron chi connectivity index (χ2n) is 6.68. The predicted octanol–water partition coefficient (Wildman–Crippen LogP) is 1.11. The summed E-state index contributed by atoms with van der Waals surface area (Å²) < 4.78 is 0. The number of hydrogen-bond donors (Lipinski definition) is 2. The molecule has 2 rings (SSSR count). The maximum absolute atomic E-state index is 12.1. The van der Waals surface area contributed by atoms with Gasteiger partial charge in [-0.3, -0.25) is 9.59 Å². The van der Waals surface area contributed by atoms with Gasteiger partial charge in [-0.25, -0.2) is 0 Å². The summed E-state index contributed by atoms with van der Waals surface area (Å²) in [5.41, 5.74) is -1.74. The van der Waals surface area contributed by atoms with Crippen molar-refractivity contribution in [1.82, 2.24) is 4.90 Å². The van der Waals surface area contributed by atoms with Crippen LogP contribution in [0.2, 0.25) is 0 Å². The van der Waals surface area contributed by atoms with Crippen molar-refractivity contribution in [3.05, 3.63) is 0 Å². The lowest BCUT2D eigenvalue weighted by atomic mass is 9.75. The lowest BCUT2D eigenvalue weighted by molar-refractivity contribution is -0.167. The smallest absolute Gasteiger partial charge is 0.310 e. The Morgan fingerprint density at radius 1 is 1.37 bits per heavy atom. The average molecular weight is 269 g/mol. The molecule has 0 spiro atoms. The van der Waals surface area contributed by atoms with Crippen LogP contribution in [-0.4, -0.2) is 45.7 Å². The molecule has 108 valence electrons. The lowest BCUT2D eigenvalue weighted by Gasteiger charge is -2.48. The maximum Gasteiger partial charge on any atom is 0.310 e. The van der Waals surface area contributed by atoms with Crippen LogP contribution < -0.4 is 0 Å². The number of amides is 1. The quantitative estimate of drug-likeness (QED) is 0.783. The predicted molar refractivity (Wildman–Crippen MR) is 69.5 cm³/mol. The van der Waals surface area contributed by atoms with Gasteiger partial charge >= 0.3 is 5.97 Å². The van der Waals surface area contributed by atoms with Crippen LogP contribution in [0.5, 0.6) is 0 Å². The highest BCUT2D eigenvalue weighted by Crippen LogP contribution is 2.45. The highest BCUT2D eigenvalue weighted by molar-refractivity contribution is 5.85. The van der Waals surface area contributed by atoms with Gasteiger partial charge in [-0.1, -0.05) is 13.8 Å². The molecule has 1 unspecified atom stereocenters. The molecule has 0 aromatic rings. The highest BCUT2D eigenvalue weighted by Gasteiger charge is 2.54. The molecule has 0 aromatic carbocycles. The first kappa shape index (κ1) is 14.3. The van der Waals surface area contributed by atoms with Crippen molar-refractivity contribution in [2.75, 3.05) is 13.1 Å². The molecular weight excluding hydrogens is 246 g/mol. The van der Waals surface area contributed by atoms with E-state index < -0.39 is 17.0 Å². The van der Waals surface area contributed by atoms with Gasteiger partial charge in [0, 0.05) is 6.42 Å². The Balaban J connectivity index is 1.93. The number of carboxylic acids is 1. The van der Waals surface area contributed by atoms with E-state index in [2.05, 4.69) is 0 Å². The molecule has 1 amide bonds. The van der Waals surface area contributed by atoms with Crippen LogP contribution in [0.15, 0.2) is 0 Å². The van der Waals surface area contributed by atoms with Crippen molar-refractivity contribution in [1.29, 1.82) is 0 Å². The van der Waals surface area contributed by atoms with Crippen LogP contribution in [0.1, 0.15) is 40.0 Å². The third-order valence-corrected chi connectivity index (χ3v) is 4.90. The topological polar surface area (TPSA) is 77.8 Å². The molecular formula is C14H23NO4. The molecule has 1 aliphatic carbocycles. The lowest BCUT2D eigenvalue weighted by Crippen LogP contribution is -2.65. The first-order chi connectivity index (χ1) is 8.69. The molecule has 0 aromatic heterocycles. The van der Waals surface area contributed by atoms with Crippen LogP contribution in [0.25, 0.3) is 0 Å². The Labute approximate surface area is 113 Å². The first-order valence-electron chi connectivity index (χ1n) is 6.92. The van der Waals surface area contributed by atoms with Gasteiger partial charge in [0.2, 0.25) is 5.91 Å². The summed E-state index contributed by atoms with van der Waals surface area (Å²) in [6, 6.07) is 0. The van der Waals surface area contributed by atoms with E-state index in [4.69, 9.17) is 0 Å². The minimum Gasteiger partial charge on any atom is -0.481 e. The summed E-state index contributed by atoms with van der Waals surface area (Å²) in [5, 5.41) is 19.5. The third-order valence-electron chi connectivity index (χ3n) is 4.90. The van der Waals surface area contributed by atoms with Gasteiger partial charge in [-0.05, 0) is 31.6 Å². The molecule has 5 heteroatoms. The zero-order valence-electron chi connectivity index (χ0n) is 11.8. The van der Waals surface area contributed by atoms with E-state index in [1.54, 1.807) is 11.8 Å². The van der Waals surface area contributed by atoms with Crippen molar-refractivity contribution < 1.29 is 19.8 Å². The standard InChI is InChI=1S/C14H23NO4/c1-9(2)13(3,12(17)18)6-11(16)15-7-14(19,8-15)10-4-5-10/h9-10,19H,4-8H2,1-3H3,(H,17,18). The van der Waals surface area contributed by atoms with Crippen LogP contribution in [0, 0.1) is 17.3 Å². The molecule has 19 heavy (non-hydrogen) atoms. The average Bonchev–Trinajstić information content (AvgIpc) is 3.07. The molecule has 1 saturated carbocycles. The number of β-amino-alcohol motifs (C(OH)–C–C–N with tert-alkyl or cyclic N) is 1. The molecule has 1 saturated heterocycles. The maximum atomic E-state index is 12.1. The third kappa shape index (κ3) is 2.48. The van der Waals surface area contributed by atoms with Gasteiger partial charge < -0.3 is 15.1 Å². The van der Waals surface area contributed by atoms with Gasteiger partial charge in [0.15, 0.2) is 0 Å². The number of rotatable bonds is 5. The highest BCUT2D eigenvalue weighted by atomic mass is 16.4. The second-order valence-corrected chi connectivity index (χ2v) is 6.68. The fraction of sp³-hybridized carbons (Fsp3) is 0.857. The number of hydrogen-bond acceptors (Lipinski definition) is 3. The summed E-state index contributed by atoms with van der Waals surface area (Å²) in [4.78, 5) is 25.1. The van der Waals surface area contributed by atoms with Crippen LogP contribution >= 0.6 is 0 Å². The van der Waals surface area contributed by atoms with Crippen molar-refractivity contribution >= 4 is 11.9 Å². The molecule has 1 aliphatic heterocycles. The van der Waals surface area contributed by atoms with E-state index in [0.717, 1.165) is 12.8 Å². The van der Waals surface area contributed by atoms with Gasteiger partial charge in [-0.15, -0.1) is 0 Å². The second kappa shape index (κ2) is 4.47. The summed E-state index contributed by atoms with van der Waals surface area (Å²) in [7, 11) is 0. The molecule has 2 aliphatic rings. The number of likely N-dealkylation sites (tertiary alicyclic amines) is 1. The molecule has 2 N–H and O–H groups in total. The van der Waals surface area contributed by atoms with E-state index in [0.29, 0.717) is 19.0 Å². The van der Waals surface area contributed by atoms with Gasteiger partial charge in [-0.2, -0.15) is 0 Å². The summed E-state index contributed by atoms with van der Waals surface area (Å²) in [6.45, 7) is 5.98. The number of aliphatic carboxylic acids is 1. The molecule has 0 radical (unpaired) electrons. The normalized spacial score (nSPS) is 24.8. The Bertz CT molecular complexity index is 396. The monoisotopic (exact) mass is 269 g/mol. The Hall–Kier alpha value is -1.10. The number of aliphatic hydroxyl groups is 1. The van der Waals surface area contributed by atoms with Gasteiger partial charge in [0.1, 0.15) is 5.60 Å². The van der Waals surface area contributed by atoms with Gasteiger partial charge in [0.05, 0.1) is 18.5 Å². The summed E-state index contributed by atoms with van der Waals surface area (Å²) >= 11 is 0. The molecule has 2 fully saturated rings. The van der Waals surface area contributed by atoms with E-state index in [9.17, 15) is 19.8 Å². The molecule has 1 atom stereocenters. The molecule has 0 bridgehead atoms. The number of carbonyl (C=O) groups excluding carboxylic acids is 1. The number of carbonyl (C=O) groups is 2. The summed E-state index contributed by atoms with van der Waals surface area (Å²) in [6.07, 6.45) is 2.08. The Kier molecular flexibility index (Phi) is 3.37. The largest absolute Gasteiger partial charge is 0.481 e. The number of carboxylic acid groups (broad SMARTS) is 1. The Morgan fingerprint density at radius 3 is 2.26 bits per heavy atom. The fourth-order valence-corrected chi connectivity index (χ4v) is 2.62. The van der Waals surface area contributed by atoms with Gasteiger partial charge in [0.25, 0.3) is 0 Å². The fourth-order valence-electron chi connectivity index (χ4n) is 2.62. The van der Waals surface area contributed by atoms with E-state index in [-0.39, 0.29) is 18.2 Å². The summed E-state index contributed by atoms with van der Waals surface area (Å²) in [5.74, 6) is -0.872. The van der Waals surface area contributed by atoms with Crippen molar-refractivity contribution in [2.45, 2.75) is 45.6 Å².